The average molecular weight is 399 g/mol. The number of halogens is 1. The van der Waals surface area contributed by atoms with Crippen LogP contribution in [-0.2, 0) is 11.5 Å². The van der Waals surface area contributed by atoms with Crippen LogP contribution in [0, 0.1) is 6.92 Å². The first-order valence-corrected chi connectivity index (χ1v) is 8.90. The molecule has 0 aliphatic carbocycles. The highest BCUT2D eigenvalue weighted by atomic mass is 35.5. The summed E-state index contributed by atoms with van der Waals surface area (Å²) in [5, 5.41) is 10.3. The summed E-state index contributed by atoms with van der Waals surface area (Å²) in [4.78, 5) is 23.4. The van der Waals surface area contributed by atoms with Gasteiger partial charge in [0.05, 0.1) is 0 Å². The van der Waals surface area contributed by atoms with Crippen molar-refractivity contribution < 1.29 is 14.3 Å². The summed E-state index contributed by atoms with van der Waals surface area (Å²) in [6, 6.07) is 13.8. The molecule has 2 amide bonds. The Morgan fingerprint density at radius 3 is 2.39 bits per heavy atom. The SMILES string of the molecule is CC(=O)Nc1ccc(NC(=O)c2ccn(COc3ccc(Cl)c(C)c3)n2)cc1. The molecule has 0 radical (unpaired) electrons. The lowest BCUT2D eigenvalue weighted by molar-refractivity contribution is -0.114. The summed E-state index contributed by atoms with van der Waals surface area (Å²) < 4.78 is 7.19. The maximum absolute atomic E-state index is 12.3. The van der Waals surface area contributed by atoms with Gasteiger partial charge < -0.3 is 15.4 Å². The fourth-order valence-corrected chi connectivity index (χ4v) is 2.56. The van der Waals surface area contributed by atoms with Gasteiger partial charge in [-0.05, 0) is 61.0 Å². The number of carbonyl (C=O) groups is 2. The lowest BCUT2D eigenvalue weighted by Gasteiger charge is -2.08. The molecule has 3 aromatic rings. The van der Waals surface area contributed by atoms with Gasteiger partial charge in [-0.25, -0.2) is 4.68 Å². The highest BCUT2D eigenvalue weighted by Crippen LogP contribution is 2.21. The molecule has 0 bridgehead atoms. The molecule has 0 saturated carbocycles. The fourth-order valence-electron chi connectivity index (χ4n) is 2.44. The van der Waals surface area contributed by atoms with E-state index in [4.69, 9.17) is 16.3 Å². The first kappa shape index (κ1) is 19.4. The van der Waals surface area contributed by atoms with Gasteiger partial charge in [-0.1, -0.05) is 11.6 Å². The summed E-state index contributed by atoms with van der Waals surface area (Å²) in [5.41, 5.74) is 2.44. The van der Waals surface area contributed by atoms with Crippen molar-refractivity contribution >= 4 is 34.8 Å². The number of hydrogen-bond acceptors (Lipinski definition) is 4. The standard InChI is InChI=1S/C20H19ClN4O3/c1-13-11-17(7-8-18(13)21)28-12-25-10-9-19(24-25)20(27)23-16-5-3-15(4-6-16)22-14(2)26/h3-11H,12H2,1-2H3,(H,22,26)(H,23,27). The minimum Gasteiger partial charge on any atom is -0.471 e. The van der Waals surface area contributed by atoms with Crippen LogP contribution in [0.5, 0.6) is 5.75 Å². The lowest BCUT2D eigenvalue weighted by atomic mass is 10.2. The van der Waals surface area contributed by atoms with Gasteiger partial charge >= 0.3 is 0 Å². The molecule has 2 aromatic carbocycles. The Bertz CT molecular complexity index is 999. The van der Waals surface area contributed by atoms with Crippen LogP contribution in [0.2, 0.25) is 5.02 Å². The molecule has 1 aromatic heterocycles. The van der Waals surface area contributed by atoms with E-state index in [1.807, 2.05) is 13.0 Å². The van der Waals surface area contributed by atoms with Crippen molar-refractivity contribution in [2.75, 3.05) is 10.6 Å². The van der Waals surface area contributed by atoms with E-state index >= 15 is 0 Å². The smallest absolute Gasteiger partial charge is 0.276 e. The van der Waals surface area contributed by atoms with Crippen LogP contribution in [0.3, 0.4) is 0 Å². The van der Waals surface area contributed by atoms with Crippen molar-refractivity contribution in [2.45, 2.75) is 20.6 Å². The van der Waals surface area contributed by atoms with Gasteiger partial charge in [-0.15, -0.1) is 0 Å². The number of aryl methyl sites for hydroxylation is 1. The van der Waals surface area contributed by atoms with Gasteiger partial charge in [0.25, 0.3) is 5.91 Å². The maximum Gasteiger partial charge on any atom is 0.276 e. The Hall–Kier alpha value is -3.32. The fraction of sp³-hybridized carbons (Fsp3) is 0.150. The summed E-state index contributed by atoms with van der Waals surface area (Å²) >= 11 is 6.00. The molecule has 144 valence electrons. The quantitative estimate of drug-likeness (QED) is 0.654. The van der Waals surface area contributed by atoms with Crippen LogP contribution >= 0.6 is 11.6 Å². The van der Waals surface area contributed by atoms with Gasteiger partial charge in [-0.2, -0.15) is 5.10 Å². The summed E-state index contributed by atoms with van der Waals surface area (Å²) in [7, 11) is 0. The van der Waals surface area contributed by atoms with Crippen LogP contribution in [0.4, 0.5) is 11.4 Å². The number of aromatic nitrogens is 2. The molecule has 7 nitrogen and oxygen atoms in total. The number of amides is 2. The Labute approximate surface area is 167 Å². The van der Waals surface area contributed by atoms with Crippen LogP contribution in [0.15, 0.2) is 54.7 Å². The molecular weight excluding hydrogens is 380 g/mol. The topological polar surface area (TPSA) is 85.2 Å². The van der Waals surface area contributed by atoms with E-state index in [0.717, 1.165) is 5.56 Å². The Kier molecular flexibility index (Phi) is 5.96. The Balaban J connectivity index is 1.57. The molecule has 8 heteroatoms. The van der Waals surface area contributed by atoms with Gasteiger partial charge in [0.15, 0.2) is 12.4 Å². The number of rotatable bonds is 6. The molecule has 0 atom stereocenters. The summed E-state index contributed by atoms with van der Waals surface area (Å²) in [5.74, 6) is 0.175. The van der Waals surface area contributed by atoms with E-state index < -0.39 is 0 Å². The molecule has 2 N–H and O–H groups in total. The zero-order chi connectivity index (χ0) is 20.1. The van der Waals surface area contributed by atoms with E-state index in [1.165, 1.54) is 11.6 Å². The third-order valence-corrected chi connectivity index (χ3v) is 4.25. The average Bonchev–Trinajstić information content (AvgIpc) is 3.13. The second-order valence-corrected chi connectivity index (χ2v) is 6.54. The second kappa shape index (κ2) is 8.58. The van der Waals surface area contributed by atoms with Crippen molar-refractivity contribution in [3.8, 4) is 5.75 Å². The number of carbonyl (C=O) groups excluding carboxylic acids is 2. The van der Waals surface area contributed by atoms with Gasteiger partial charge in [0, 0.05) is 29.5 Å². The minimum absolute atomic E-state index is 0.154. The minimum atomic E-state index is -0.339. The first-order chi connectivity index (χ1) is 13.4. The normalized spacial score (nSPS) is 10.4. The van der Waals surface area contributed by atoms with Crippen molar-refractivity contribution in [2.24, 2.45) is 0 Å². The van der Waals surface area contributed by atoms with E-state index in [0.29, 0.717) is 22.1 Å². The molecule has 1 heterocycles. The Morgan fingerprint density at radius 2 is 1.75 bits per heavy atom. The predicted octanol–water partition coefficient (Wildman–Crippen LogP) is 4.09. The van der Waals surface area contributed by atoms with Gasteiger partial charge in [0.1, 0.15) is 5.75 Å². The molecule has 0 fully saturated rings. The van der Waals surface area contributed by atoms with Crippen molar-refractivity contribution in [3.63, 3.8) is 0 Å². The largest absolute Gasteiger partial charge is 0.471 e. The lowest BCUT2D eigenvalue weighted by Crippen LogP contribution is -2.14. The van der Waals surface area contributed by atoms with E-state index in [1.54, 1.807) is 48.7 Å². The molecule has 0 spiro atoms. The predicted molar refractivity (Wildman–Crippen MR) is 108 cm³/mol. The number of ether oxygens (including phenoxy) is 1. The first-order valence-electron chi connectivity index (χ1n) is 8.52. The van der Waals surface area contributed by atoms with Gasteiger partial charge in [0.2, 0.25) is 5.91 Å². The monoisotopic (exact) mass is 398 g/mol. The van der Waals surface area contributed by atoms with Crippen molar-refractivity contribution in [1.29, 1.82) is 0 Å². The summed E-state index contributed by atoms with van der Waals surface area (Å²) in [6.45, 7) is 3.50. The number of anilines is 2. The van der Waals surface area contributed by atoms with Crippen LogP contribution in [-0.4, -0.2) is 21.6 Å². The van der Waals surface area contributed by atoms with Crippen LogP contribution in [0.1, 0.15) is 23.0 Å². The van der Waals surface area contributed by atoms with E-state index in [2.05, 4.69) is 15.7 Å². The zero-order valence-electron chi connectivity index (χ0n) is 15.4. The maximum atomic E-state index is 12.3. The molecule has 3 rings (SSSR count). The van der Waals surface area contributed by atoms with Gasteiger partial charge in [-0.3, -0.25) is 9.59 Å². The number of benzene rings is 2. The van der Waals surface area contributed by atoms with E-state index in [9.17, 15) is 9.59 Å². The number of hydrogen-bond donors (Lipinski definition) is 2. The molecule has 0 aliphatic heterocycles. The van der Waals surface area contributed by atoms with Crippen molar-refractivity contribution in [3.05, 3.63) is 71.0 Å². The number of nitrogens with one attached hydrogen (secondary N) is 2. The van der Waals surface area contributed by atoms with Crippen LogP contribution in [0.25, 0.3) is 0 Å². The third kappa shape index (κ3) is 5.11. The highest BCUT2D eigenvalue weighted by molar-refractivity contribution is 6.31. The molecule has 0 unspecified atom stereocenters. The highest BCUT2D eigenvalue weighted by Gasteiger charge is 2.10. The van der Waals surface area contributed by atoms with E-state index in [-0.39, 0.29) is 24.2 Å². The summed E-state index contributed by atoms with van der Waals surface area (Å²) in [6.07, 6.45) is 1.66. The third-order valence-electron chi connectivity index (χ3n) is 3.83. The molecule has 0 saturated heterocycles. The van der Waals surface area contributed by atoms with Crippen molar-refractivity contribution in [1.82, 2.24) is 9.78 Å². The Morgan fingerprint density at radius 1 is 1.07 bits per heavy atom. The zero-order valence-corrected chi connectivity index (χ0v) is 16.2. The molecular formula is C20H19ClN4O3. The number of nitrogens with zero attached hydrogens (tertiary/aromatic N) is 2. The second-order valence-electron chi connectivity index (χ2n) is 6.14. The molecule has 28 heavy (non-hydrogen) atoms. The molecule has 0 aliphatic rings. The van der Waals surface area contributed by atoms with Crippen LogP contribution < -0.4 is 15.4 Å².